The fraction of sp³-hybridized carbons (Fsp3) is 0. The van der Waals surface area contributed by atoms with E-state index >= 15 is 0 Å². The second-order valence-corrected chi connectivity index (χ2v) is 5.15. The Hall–Kier alpha value is -2.65. The molecule has 0 amide bonds. The van der Waals surface area contributed by atoms with Crippen LogP contribution in [0.2, 0.25) is 5.02 Å². The molecule has 22 heavy (non-hydrogen) atoms. The van der Waals surface area contributed by atoms with Crippen molar-refractivity contribution in [2.24, 2.45) is 0 Å². The van der Waals surface area contributed by atoms with Gasteiger partial charge in [-0.05, 0) is 41.1 Å². The van der Waals surface area contributed by atoms with Crippen LogP contribution in [0.5, 0.6) is 5.75 Å². The van der Waals surface area contributed by atoms with Crippen LogP contribution in [0.25, 0.3) is 10.8 Å². The van der Waals surface area contributed by atoms with Crippen LogP contribution in [0.15, 0.2) is 60.7 Å². The van der Waals surface area contributed by atoms with Crippen molar-refractivity contribution in [2.75, 3.05) is 0 Å². The molecule has 0 spiro atoms. The van der Waals surface area contributed by atoms with Gasteiger partial charge in [0.25, 0.3) is 0 Å². The monoisotopic (exact) mass is 310 g/mol. The summed E-state index contributed by atoms with van der Waals surface area (Å²) in [4.78, 5) is 23.5. The standard InChI is InChI=1S/C18H11ClO3/c19-14-8-5-13(6-9-14)18(21)22-17-10-7-12-3-1-2-4-15(12)16(17)11-20/h1-11H. The summed E-state index contributed by atoms with van der Waals surface area (Å²) in [5, 5.41) is 2.20. The molecule has 0 bridgehead atoms. The van der Waals surface area contributed by atoms with Gasteiger partial charge in [0.1, 0.15) is 5.75 Å². The molecule has 0 saturated heterocycles. The SMILES string of the molecule is O=Cc1c(OC(=O)c2ccc(Cl)cc2)ccc2ccccc12. The molecule has 0 aliphatic carbocycles. The molecule has 3 nitrogen and oxygen atoms in total. The Bertz CT molecular complexity index is 854. The van der Waals surface area contributed by atoms with Gasteiger partial charge in [0.15, 0.2) is 6.29 Å². The zero-order valence-corrected chi connectivity index (χ0v) is 12.2. The third-order valence-corrected chi connectivity index (χ3v) is 3.58. The van der Waals surface area contributed by atoms with Crippen molar-refractivity contribution in [1.82, 2.24) is 0 Å². The number of carbonyl (C=O) groups excluding carboxylic acids is 2. The molecule has 0 aliphatic heterocycles. The Morgan fingerprint density at radius 2 is 1.68 bits per heavy atom. The minimum atomic E-state index is -0.532. The van der Waals surface area contributed by atoms with E-state index in [1.165, 1.54) is 0 Å². The summed E-state index contributed by atoms with van der Waals surface area (Å²) < 4.78 is 5.36. The number of halogens is 1. The summed E-state index contributed by atoms with van der Waals surface area (Å²) in [7, 11) is 0. The molecular weight excluding hydrogens is 300 g/mol. The van der Waals surface area contributed by atoms with Crippen molar-refractivity contribution in [2.45, 2.75) is 0 Å². The van der Waals surface area contributed by atoms with Crippen molar-refractivity contribution in [3.8, 4) is 5.75 Å². The van der Waals surface area contributed by atoms with Crippen molar-refractivity contribution in [1.29, 1.82) is 0 Å². The molecule has 0 saturated carbocycles. The minimum Gasteiger partial charge on any atom is -0.422 e. The van der Waals surface area contributed by atoms with E-state index in [1.54, 1.807) is 30.3 Å². The van der Waals surface area contributed by atoms with Gasteiger partial charge in [-0.15, -0.1) is 0 Å². The Balaban J connectivity index is 1.98. The second-order valence-electron chi connectivity index (χ2n) is 4.71. The van der Waals surface area contributed by atoms with Crippen LogP contribution in [-0.4, -0.2) is 12.3 Å². The maximum absolute atomic E-state index is 12.1. The highest BCUT2D eigenvalue weighted by atomic mass is 35.5. The van der Waals surface area contributed by atoms with Gasteiger partial charge in [-0.1, -0.05) is 41.9 Å². The Morgan fingerprint density at radius 1 is 0.955 bits per heavy atom. The maximum atomic E-state index is 12.1. The van der Waals surface area contributed by atoms with Crippen LogP contribution >= 0.6 is 11.6 Å². The molecule has 0 aliphatic rings. The van der Waals surface area contributed by atoms with Gasteiger partial charge >= 0.3 is 5.97 Å². The van der Waals surface area contributed by atoms with E-state index in [-0.39, 0.29) is 5.75 Å². The molecule has 3 rings (SSSR count). The predicted octanol–water partition coefficient (Wildman–Crippen LogP) is 4.52. The zero-order valence-electron chi connectivity index (χ0n) is 11.5. The largest absolute Gasteiger partial charge is 0.422 e. The summed E-state index contributed by atoms with van der Waals surface area (Å²) >= 11 is 5.79. The Kier molecular flexibility index (Phi) is 3.90. The summed E-state index contributed by atoms with van der Waals surface area (Å²) in [5.41, 5.74) is 0.731. The summed E-state index contributed by atoms with van der Waals surface area (Å²) in [6.07, 6.45) is 0.701. The van der Waals surface area contributed by atoms with Crippen molar-refractivity contribution in [3.63, 3.8) is 0 Å². The highest BCUT2D eigenvalue weighted by Gasteiger charge is 2.13. The first-order valence-corrected chi connectivity index (χ1v) is 7.01. The van der Waals surface area contributed by atoms with E-state index in [2.05, 4.69) is 0 Å². The molecule has 0 atom stereocenters. The van der Waals surface area contributed by atoms with Gasteiger partial charge in [0.05, 0.1) is 11.1 Å². The van der Waals surface area contributed by atoms with Gasteiger partial charge in [-0.2, -0.15) is 0 Å². The third kappa shape index (κ3) is 2.71. The van der Waals surface area contributed by atoms with Crippen LogP contribution in [0.3, 0.4) is 0 Å². The number of aldehydes is 1. The van der Waals surface area contributed by atoms with Gasteiger partial charge in [-0.25, -0.2) is 4.79 Å². The first kappa shape index (κ1) is 14.3. The van der Waals surface area contributed by atoms with Gasteiger partial charge in [-0.3, -0.25) is 4.79 Å². The van der Waals surface area contributed by atoms with E-state index in [0.29, 0.717) is 22.4 Å². The average Bonchev–Trinajstić information content (AvgIpc) is 2.55. The van der Waals surface area contributed by atoms with Crippen LogP contribution in [0, 0.1) is 0 Å². The molecule has 0 fully saturated rings. The number of benzene rings is 3. The lowest BCUT2D eigenvalue weighted by molar-refractivity contribution is 0.0734. The van der Waals surface area contributed by atoms with Crippen LogP contribution in [0.1, 0.15) is 20.7 Å². The van der Waals surface area contributed by atoms with Crippen molar-refractivity contribution >= 4 is 34.6 Å². The van der Waals surface area contributed by atoms with Gasteiger partial charge in [0, 0.05) is 5.02 Å². The molecule has 3 aromatic rings. The molecule has 0 radical (unpaired) electrons. The zero-order chi connectivity index (χ0) is 15.5. The van der Waals surface area contributed by atoms with E-state index in [4.69, 9.17) is 16.3 Å². The molecule has 108 valence electrons. The molecule has 3 aromatic carbocycles. The molecule has 4 heteroatoms. The number of hydrogen-bond donors (Lipinski definition) is 0. The lowest BCUT2D eigenvalue weighted by Gasteiger charge is -2.09. The van der Waals surface area contributed by atoms with E-state index < -0.39 is 5.97 Å². The van der Waals surface area contributed by atoms with E-state index in [0.717, 1.165) is 10.8 Å². The third-order valence-electron chi connectivity index (χ3n) is 3.33. The molecule has 0 aromatic heterocycles. The van der Waals surface area contributed by atoms with Gasteiger partial charge < -0.3 is 4.74 Å². The number of hydrogen-bond acceptors (Lipinski definition) is 3. The van der Waals surface area contributed by atoms with E-state index in [9.17, 15) is 9.59 Å². The fourth-order valence-corrected chi connectivity index (χ4v) is 2.36. The van der Waals surface area contributed by atoms with Crippen molar-refractivity contribution in [3.05, 3.63) is 76.8 Å². The number of fused-ring (bicyclic) bond motifs is 1. The maximum Gasteiger partial charge on any atom is 0.343 e. The van der Waals surface area contributed by atoms with Crippen LogP contribution in [0.4, 0.5) is 0 Å². The predicted molar refractivity (Wildman–Crippen MR) is 85.7 cm³/mol. The number of rotatable bonds is 3. The summed E-state index contributed by atoms with van der Waals surface area (Å²) in [5.74, 6) is -0.288. The van der Waals surface area contributed by atoms with Crippen molar-refractivity contribution < 1.29 is 14.3 Å². The number of esters is 1. The first-order valence-electron chi connectivity index (χ1n) is 6.64. The fourth-order valence-electron chi connectivity index (χ4n) is 2.23. The lowest BCUT2D eigenvalue weighted by atomic mass is 10.0. The molecular formula is C18H11ClO3. The van der Waals surface area contributed by atoms with Crippen LogP contribution in [-0.2, 0) is 0 Å². The quantitative estimate of drug-likeness (QED) is 0.406. The number of carbonyl (C=O) groups is 2. The molecule has 0 heterocycles. The Morgan fingerprint density at radius 3 is 2.41 bits per heavy atom. The topological polar surface area (TPSA) is 43.4 Å². The Labute approximate surface area is 132 Å². The summed E-state index contributed by atoms with van der Waals surface area (Å²) in [6, 6.07) is 17.2. The smallest absolute Gasteiger partial charge is 0.343 e. The molecule has 0 unspecified atom stereocenters. The van der Waals surface area contributed by atoms with Crippen LogP contribution < -0.4 is 4.74 Å². The molecule has 0 N–H and O–H groups in total. The number of ether oxygens (including phenoxy) is 1. The highest BCUT2D eigenvalue weighted by Crippen LogP contribution is 2.27. The summed E-state index contributed by atoms with van der Waals surface area (Å²) in [6.45, 7) is 0. The van der Waals surface area contributed by atoms with Gasteiger partial charge in [0.2, 0.25) is 0 Å². The van der Waals surface area contributed by atoms with E-state index in [1.807, 2.05) is 30.3 Å². The highest BCUT2D eigenvalue weighted by molar-refractivity contribution is 6.30. The average molecular weight is 311 g/mol. The minimum absolute atomic E-state index is 0.244. The lowest BCUT2D eigenvalue weighted by Crippen LogP contribution is -2.09. The normalized spacial score (nSPS) is 10.4. The first-order chi connectivity index (χ1) is 10.7. The second kappa shape index (κ2) is 6.00.